The Kier molecular flexibility index (Phi) is 4.06. The number of aryl methyl sites for hydroxylation is 1. The van der Waals surface area contributed by atoms with E-state index in [1.54, 1.807) is 12.1 Å². The minimum Gasteiger partial charge on any atom is -0.485 e. The van der Waals surface area contributed by atoms with Gasteiger partial charge in [0.1, 0.15) is 12.4 Å². The highest BCUT2D eigenvalue weighted by molar-refractivity contribution is 5.56. The zero-order valence-electron chi connectivity index (χ0n) is 12.4. The van der Waals surface area contributed by atoms with Crippen molar-refractivity contribution in [1.82, 2.24) is 9.38 Å². The number of fused-ring (bicyclic) bond motifs is 1. The molecule has 0 radical (unpaired) electrons. The summed E-state index contributed by atoms with van der Waals surface area (Å²) >= 11 is 0. The summed E-state index contributed by atoms with van der Waals surface area (Å²) in [6.07, 6.45) is 2.74. The lowest BCUT2D eigenvalue weighted by molar-refractivity contribution is 0.308. The van der Waals surface area contributed by atoms with Crippen molar-refractivity contribution >= 4 is 5.65 Å². The van der Waals surface area contributed by atoms with Crippen LogP contribution in [0.1, 0.15) is 17.0 Å². The highest BCUT2D eigenvalue weighted by Crippen LogP contribution is 2.23. The van der Waals surface area contributed by atoms with Crippen LogP contribution < -0.4 is 10.5 Å². The first-order chi connectivity index (χ1) is 10.7. The van der Waals surface area contributed by atoms with Gasteiger partial charge in [-0.25, -0.2) is 9.37 Å². The predicted molar refractivity (Wildman–Crippen MR) is 83.4 cm³/mol. The Bertz CT molecular complexity index is 780. The summed E-state index contributed by atoms with van der Waals surface area (Å²) < 4.78 is 20.8. The Morgan fingerprint density at radius 1 is 1.23 bits per heavy atom. The molecule has 0 unspecified atom stereocenters. The van der Waals surface area contributed by atoms with Crippen LogP contribution in [0.3, 0.4) is 0 Å². The van der Waals surface area contributed by atoms with Gasteiger partial charge < -0.3 is 14.9 Å². The molecule has 22 heavy (non-hydrogen) atoms. The highest BCUT2D eigenvalue weighted by atomic mass is 19.1. The van der Waals surface area contributed by atoms with Crippen molar-refractivity contribution < 1.29 is 9.13 Å². The zero-order valence-corrected chi connectivity index (χ0v) is 12.4. The second-order valence-corrected chi connectivity index (χ2v) is 5.16. The molecule has 0 atom stereocenters. The van der Waals surface area contributed by atoms with Gasteiger partial charge in [-0.3, -0.25) is 0 Å². The van der Waals surface area contributed by atoms with Crippen LogP contribution in [0.2, 0.25) is 0 Å². The van der Waals surface area contributed by atoms with Gasteiger partial charge in [0.25, 0.3) is 0 Å². The lowest BCUT2D eigenvalue weighted by Gasteiger charge is -2.08. The molecule has 5 heteroatoms. The lowest BCUT2D eigenvalue weighted by atomic mass is 10.2. The number of pyridine rings is 1. The first-order valence-corrected chi connectivity index (χ1v) is 7.23. The Morgan fingerprint density at radius 3 is 2.73 bits per heavy atom. The first kappa shape index (κ1) is 14.5. The number of rotatable bonds is 5. The molecule has 3 rings (SSSR count). The van der Waals surface area contributed by atoms with Crippen molar-refractivity contribution in [2.45, 2.75) is 20.0 Å². The largest absolute Gasteiger partial charge is 0.485 e. The lowest BCUT2D eigenvalue weighted by Crippen LogP contribution is -2.06. The van der Waals surface area contributed by atoms with E-state index in [1.807, 2.05) is 29.7 Å². The number of hydrogen-bond donors (Lipinski definition) is 1. The maximum atomic E-state index is 12.9. The van der Waals surface area contributed by atoms with Crippen LogP contribution >= 0.6 is 0 Å². The third-order valence-electron chi connectivity index (χ3n) is 3.60. The van der Waals surface area contributed by atoms with Crippen LogP contribution in [-0.2, 0) is 13.0 Å². The van der Waals surface area contributed by atoms with Crippen LogP contribution in [0.5, 0.6) is 5.75 Å². The number of aromatic nitrogens is 2. The Balaban J connectivity index is 1.87. The Morgan fingerprint density at radius 2 is 2.00 bits per heavy atom. The van der Waals surface area contributed by atoms with Gasteiger partial charge in [0.2, 0.25) is 0 Å². The van der Waals surface area contributed by atoms with Gasteiger partial charge in [-0.1, -0.05) is 12.1 Å². The molecule has 3 aromatic rings. The Labute approximate surface area is 128 Å². The number of halogens is 1. The molecule has 0 saturated carbocycles. The fourth-order valence-electron chi connectivity index (χ4n) is 2.50. The molecule has 4 nitrogen and oxygen atoms in total. The molecule has 1 aromatic carbocycles. The SMILES string of the molecule is Cc1nc2c(OCc3ccc(F)cc3)cccn2c1CCN. The number of benzene rings is 1. The maximum absolute atomic E-state index is 12.9. The molecular weight excluding hydrogens is 281 g/mol. The van der Waals surface area contributed by atoms with Crippen molar-refractivity contribution in [1.29, 1.82) is 0 Å². The molecular formula is C17H18FN3O. The van der Waals surface area contributed by atoms with Crippen molar-refractivity contribution in [3.63, 3.8) is 0 Å². The zero-order chi connectivity index (χ0) is 15.5. The molecule has 0 aliphatic carbocycles. The van der Waals surface area contributed by atoms with E-state index in [0.29, 0.717) is 18.9 Å². The molecule has 114 valence electrons. The fourth-order valence-corrected chi connectivity index (χ4v) is 2.50. The predicted octanol–water partition coefficient (Wildman–Crippen LogP) is 2.86. The molecule has 0 amide bonds. The number of imidazole rings is 1. The quantitative estimate of drug-likeness (QED) is 0.788. The number of hydrogen-bond acceptors (Lipinski definition) is 3. The van der Waals surface area contributed by atoms with E-state index in [0.717, 1.165) is 29.0 Å². The van der Waals surface area contributed by atoms with Gasteiger partial charge in [0, 0.05) is 18.3 Å². The van der Waals surface area contributed by atoms with Gasteiger partial charge in [-0.15, -0.1) is 0 Å². The fraction of sp³-hybridized carbons (Fsp3) is 0.235. The normalized spacial score (nSPS) is 11.0. The smallest absolute Gasteiger partial charge is 0.180 e. The summed E-state index contributed by atoms with van der Waals surface area (Å²) in [5, 5.41) is 0. The van der Waals surface area contributed by atoms with Gasteiger partial charge in [0.05, 0.1) is 5.69 Å². The van der Waals surface area contributed by atoms with Crippen LogP contribution in [0.25, 0.3) is 5.65 Å². The second kappa shape index (κ2) is 6.15. The molecule has 0 spiro atoms. The molecule has 2 heterocycles. The third kappa shape index (κ3) is 2.80. The van der Waals surface area contributed by atoms with Gasteiger partial charge in [-0.05, 0) is 43.3 Å². The van der Waals surface area contributed by atoms with Crippen LogP contribution in [0, 0.1) is 12.7 Å². The van der Waals surface area contributed by atoms with E-state index in [1.165, 1.54) is 12.1 Å². The van der Waals surface area contributed by atoms with Crippen molar-refractivity contribution in [3.8, 4) is 5.75 Å². The average molecular weight is 299 g/mol. The summed E-state index contributed by atoms with van der Waals surface area (Å²) in [6.45, 7) is 2.93. The monoisotopic (exact) mass is 299 g/mol. The highest BCUT2D eigenvalue weighted by Gasteiger charge is 2.11. The standard InChI is InChI=1S/C17H18FN3O/c1-12-15(8-9-19)21-10-2-3-16(17(21)20-12)22-11-13-4-6-14(18)7-5-13/h2-7,10H,8-9,11,19H2,1H3. The van der Waals surface area contributed by atoms with E-state index >= 15 is 0 Å². The van der Waals surface area contributed by atoms with Gasteiger partial charge >= 0.3 is 0 Å². The van der Waals surface area contributed by atoms with Crippen LogP contribution in [0.4, 0.5) is 4.39 Å². The van der Waals surface area contributed by atoms with Crippen molar-refractivity contribution in [3.05, 3.63) is 65.4 Å². The number of ether oxygens (including phenoxy) is 1. The summed E-state index contributed by atoms with van der Waals surface area (Å²) in [6, 6.07) is 10.1. The summed E-state index contributed by atoms with van der Waals surface area (Å²) in [7, 11) is 0. The summed E-state index contributed by atoms with van der Waals surface area (Å²) in [5.41, 5.74) is 9.42. The molecule has 0 saturated heterocycles. The molecule has 0 fully saturated rings. The van der Waals surface area contributed by atoms with Gasteiger partial charge in [-0.2, -0.15) is 0 Å². The van der Waals surface area contributed by atoms with E-state index < -0.39 is 0 Å². The van der Waals surface area contributed by atoms with E-state index in [2.05, 4.69) is 4.98 Å². The average Bonchev–Trinajstić information content (AvgIpc) is 2.84. The minimum atomic E-state index is -0.249. The topological polar surface area (TPSA) is 52.5 Å². The van der Waals surface area contributed by atoms with E-state index in [-0.39, 0.29) is 5.82 Å². The molecule has 2 aromatic heterocycles. The summed E-state index contributed by atoms with van der Waals surface area (Å²) in [5.74, 6) is 0.458. The molecule has 2 N–H and O–H groups in total. The molecule has 0 aliphatic rings. The minimum absolute atomic E-state index is 0.249. The molecule has 0 aliphatic heterocycles. The summed E-state index contributed by atoms with van der Waals surface area (Å²) in [4.78, 5) is 4.58. The van der Waals surface area contributed by atoms with Crippen LogP contribution in [0.15, 0.2) is 42.6 Å². The molecule has 0 bridgehead atoms. The van der Waals surface area contributed by atoms with Crippen LogP contribution in [-0.4, -0.2) is 15.9 Å². The van der Waals surface area contributed by atoms with Gasteiger partial charge in [0.15, 0.2) is 11.4 Å². The second-order valence-electron chi connectivity index (χ2n) is 5.16. The van der Waals surface area contributed by atoms with Crippen molar-refractivity contribution in [2.75, 3.05) is 6.54 Å². The maximum Gasteiger partial charge on any atom is 0.180 e. The van der Waals surface area contributed by atoms with E-state index in [9.17, 15) is 4.39 Å². The Hall–Kier alpha value is -2.40. The van der Waals surface area contributed by atoms with E-state index in [4.69, 9.17) is 10.5 Å². The number of nitrogens with zero attached hydrogens (tertiary/aromatic N) is 2. The number of nitrogens with two attached hydrogens (primary N) is 1. The first-order valence-electron chi connectivity index (χ1n) is 7.23. The third-order valence-corrected chi connectivity index (χ3v) is 3.60. The van der Waals surface area contributed by atoms with Crippen molar-refractivity contribution in [2.24, 2.45) is 5.73 Å².